The first-order valence-electron chi connectivity index (χ1n) is 13.1. The fraction of sp³-hybridized carbons (Fsp3) is 0.464. The van der Waals surface area contributed by atoms with E-state index in [-0.39, 0.29) is 24.2 Å². The van der Waals surface area contributed by atoms with Crippen molar-refractivity contribution in [1.82, 2.24) is 26.1 Å². The maximum Gasteiger partial charge on any atom is 0.325 e. The summed E-state index contributed by atoms with van der Waals surface area (Å²) < 4.78 is 5.74. The van der Waals surface area contributed by atoms with Crippen LogP contribution in [-0.2, 0) is 23.9 Å². The second kappa shape index (κ2) is 11.7. The van der Waals surface area contributed by atoms with Gasteiger partial charge in [0.1, 0.15) is 24.2 Å². The number of rotatable bonds is 1. The molecular weight excluding hydrogens is 486 g/mol. The molecule has 202 valence electrons. The lowest BCUT2D eigenvalue weighted by Gasteiger charge is -2.35. The summed E-state index contributed by atoms with van der Waals surface area (Å²) in [5.74, 6) is -1.77. The summed E-state index contributed by atoms with van der Waals surface area (Å²) in [6.07, 6.45) is 5.93. The van der Waals surface area contributed by atoms with Crippen LogP contribution in [0, 0.1) is 5.92 Å². The maximum absolute atomic E-state index is 13.1. The van der Waals surface area contributed by atoms with E-state index in [1.165, 1.54) is 5.01 Å². The van der Waals surface area contributed by atoms with E-state index in [1.54, 1.807) is 26.1 Å². The Morgan fingerprint density at radius 3 is 2.63 bits per heavy atom. The van der Waals surface area contributed by atoms with Gasteiger partial charge in [0, 0.05) is 30.1 Å². The van der Waals surface area contributed by atoms with Crippen molar-refractivity contribution >= 4 is 40.7 Å². The van der Waals surface area contributed by atoms with Crippen molar-refractivity contribution in [1.29, 1.82) is 0 Å². The van der Waals surface area contributed by atoms with Crippen LogP contribution < -0.4 is 16.1 Å². The average Bonchev–Trinajstić information content (AvgIpc) is 2.90. The second-order valence-electron chi connectivity index (χ2n) is 10.2. The lowest BCUT2D eigenvalue weighted by molar-refractivity contribution is -0.157. The van der Waals surface area contributed by atoms with Crippen LogP contribution >= 0.6 is 0 Å². The number of ether oxygens (including phenoxy) is 1. The molecule has 1 aromatic heterocycles. The molecule has 2 aliphatic heterocycles. The zero-order valence-electron chi connectivity index (χ0n) is 22.2. The van der Waals surface area contributed by atoms with Crippen molar-refractivity contribution in [2.45, 2.75) is 71.2 Å². The third-order valence-corrected chi connectivity index (χ3v) is 6.83. The van der Waals surface area contributed by atoms with E-state index in [9.17, 15) is 19.2 Å². The van der Waals surface area contributed by atoms with Crippen LogP contribution in [0.4, 0.5) is 0 Å². The van der Waals surface area contributed by atoms with Gasteiger partial charge < -0.3 is 15.4 Å². The van der Waals surface area contributed by atoms with Gasteiger partial charge in [-0.2, -0.15) is 0 Å². The standard InChI is InChI=1S/C28H35N5O5/c1-16(2)25-26(35)30-17(3)27(36)33-12-6-8-23(32-33)28(37)38-18(4)21-14-20-13-19(7-5-9-24(34)31-25)10-11-22(20)29-15-21/h5,7,10-11,13-18,23,25,32H,6,8-9,12H2,1-4H3,(H,30,35)(H,31,34)/t17-,18+,23-,25-/m0/s1. The van der Waals surface area contributed by atoms with Crippen LogP contribution in [0.2, 0.25) is 0 Å². The molecule has 1 aromatic carbocycles. The normalized spacial score (nSPS) is 25.8. The first-order valence-corrected chi connectivity index (χ1v) is 13.1. The Kier molecular flexibility index (Phi) is 8.41. The van der Waals surface area contributed by atoms with Gasteiger partial charge in [0.05, 0.1) is 5.52 Å². The summed E-state index contributed by atoms with van der Waals surface area (Å²) in [6, 6.07) is 5.33. The van der Waals surface area contributed by atoms with Gasteiger partial charge in [-0.05, 0) is 56.4 Å². The van der Waals surface area contributed by atoms with Gasteiger partial charge in [-0.25, -0.2) is 5.43 Å². The Balaban J connectivity index is 1.64. The van der Waals surface area contributed by atoms with Crippen molar-refractivity contribution in [3.8, 4) is 0 Å². The summed E-state index contributed by atoms with van der Waals surface area (Å²) in [5, 5.41) is 7.74. The van der Waals surface area contributed by atoms with Gasteiger partial charge in [-0.3, -0.25) is 29.2 Å². The summed E-state index contributed by atoms with van der Waals surface area (Å²) >= 11 is 0. The molecule has 3 heterocycles. The summed E-state index contributed by atoms with van der Waals surface area (Å²) in [4.78, 5) is 56.2. The minimum atomic E-state index is -0.861. The molecule has 0 spiro atoms. The zero-order chi connectivity index (χ0) is 27.4. The molecule has 2 aromatic rings. The number of cyclic esters (lactones) is 1. The van der Waals surface area contributed by atoms with Crippen molar-refractivity contribution in [2.24, 2.45) is 5.92 Å². The zero-order valence-corrected chi connectivity index (χ0v) is 22.2. The van der Waals surface area contributed by atoms with Gasteiger partial charge in [-0.1, -0.05) is 32.1 Å². The number of amides is 3. The predicted molar refractivity (Wildman–Crippen MR) is 142 cm³/mol. The number of carbonyl (C=O) groups is 4. The summed E-state index contributed by atoms with van der Waals surface area (Å²) in [7, 11) is 0. The Bertz CT molecular complexity index is 1260. The van der Waals surface area contributed by atoms with E-state index in [1.807, 2.05) is 44.2 Å². The fourth-order valence-electron chi connectivity index (χ4n) is 4.60. The second-order valence-corrected chi connectivity index (χ2v) is 10.2. The van der Waals surface area contributed by atoms with Gasteiger partial charge in [0.2, 0.25) is 11.8 Å². The largest absolute Gasteiger partial charge is 0.457 e. The first-order chi connectivity index (χ1) is 18.1. The number of hydrazine groups is 1. The van der Waals surface area contributed by atoms with Crippen molar-refractivity contribution < 1.29 is 23.9 Å². The number of aromatic nitrogens is 1. The van der Waals surface area contributed by atoms with Crippen molar-refractivity contribution in [2.75, 3.05) is 6.54 Å². The SMILES string of the molecule is CC(C)[C@@H]1NC(=O)CC=Cc2ccc3ncc(cc3c2)[C@@H](C)OC(=O)[C@@H]2CCCN(N2)C(=O)[C@H](C)NC1=O. The van der Waals surface area contributed by atoms with E-state index in [0.717, 1.165) is 22.0 Å². The molecule has 3 amide bonds. The molecule has 0 radical (unpaired) electrons. The molecular formula is C28H35N5O5. The highest BCUT2D eigenvalue weighted by molar-refractivity contribution is 5.92. The minimum absolute atomic E-state index is 0.0907. The number of nitrogens with zero attached hydrogens (tertiary/aromatic N) is 2. The van der Waals surface area contributed by atoms with Gasteiger partial charge in [0.25, 0.3) is 5.91 Å². The smallest absolute Gasteiger partial charge is 0.325 e. The van der Waals surface area contributed by atoms with Crippen LogP contribution in [0.3, 0.4) is 0 Å². The maximum atomic E-state index is 13.1. The van der Waals surface area contributed by atoms with Crippen LogP contribution in [0.25, 0.3) is 17.0 Å². The lowest BCUT2D eigenvalue weighted by Crippen LogP contribution is -2.61. The minimum Gasteiger partial charge on any atom is -0.457 e. The first kappa shape index (κ1) is 27.3. The third kappa shape index (κ3) is 6.36. The van der Waals surface area contributed by atoms with Gasteiger partial charge in [0.15, 0.2) is 0 Å². The number of esters is 1. The van der Waals surface area contributed by atoms with Crippen LogP contribution in [0.5, 0.6) is 0 Å². The highest BCUT2D eigenvalue weighted by Crippen LogP contribution is 2.23. The van der Waals surface area contributed by atoms with Crippen molar-refractivity contribution in [3.05, 3.63) is 47.7 Å². The molecule has 1 saturated heterocycles. The molecule has 2 aliphatic rings. The van der Waals surface area contributed by atoms with E-state index in [2.05, 4.69) is 21.0 Å². The number of fused-ring (bicyclic) bond motifs is 4. The van der Waals surface area contributed by atoms with E-state index >= 15 is 0 Å². The predicted octanol–water partition coefficient (Wildman–Crippen LogP) is 2.40. The van der Waals surface area contributed by atoms with E-state index in [0.29, 0.717) is 19.4 Å². The molecule has 1 fully saturated rings. The van der Waals surface area contributed by atoms with Gasteiger partial charge >= 0.3 is 5.97 Å². The Morgan fingerprint density at radius 1 is 1.08 bits per heavy atom. The molecule has 10 heteroatoms. The van der Waals surface area contributed by atoms with E-state index < -0.39 is 36.1 Å². The number of carbonyl (C=O) groups excluding carboxylic acids is 4. The Labute approximate surface area is 222 Å². The molecule has 3 N–H and O–H groups in total. The Morgan fingerprint density at radius 2 is 1.87 bits per heavy atom. The summed E-state index contributed by atoms with van der Waals surface area (Å²) in [5.41, 5.74) is 5.40. The number of nitrogens with one attached hydrogen (secondary N) is 3. The molecule has 0 saturated carbocycles. The van der Waals surface area contributed by atoms with Crippen LogP contribution in [-0.4, -0.2) is 58.4 Å². The van der Waals surface area contributed by atoms with Gasteiger partial charge in [-0.15, -0.1) is 0 Å². The average molecular weight is 522 g/mol. The molecule has 0 aliphatic carbocycles. The topological polar surface area (TPSA) is 130 Å². The van der Waals surface area contributed by atoms with Crippen molar-refractivity contribution in [3.63, 3.8) is 0 Å². The Hall–Kier alpha value is -3.79. The molecule has 0 unspecified atom stereocenters. The highest BCUT2D eigenvalue weighted by Gasteiger charge is 2.33. The highest BCUT2D eigenvalue weighted by atomic mass is 16.5. The molecule has 10 nitrogen and oxygen atoms in total. The lowest BCUT2D eigenvalue weighted by atomic mass is 10.0. The van der Waals surface area contributed by atoms with Crippen LogP contribution in [0.1, 0.15) is 64.2 Å². The van der Waals surface area contributed by atoms with E-state index in [4.69, 9.17) is 4.74 Å². The molecule has 38 heavy (non-hydrogen) atoms. The monoisotopic (exact) mass is 521 g/mol. The number of pyridine rings is 1. The summed E-state index contributed by atoms with van der Waals surface area (Å²) in [6.45, 7) is 7.42. The fourth-order valence-corrected chi connectivity index (χ4v) is 4.60. The van der Waals surface area contributed by atoms with Crippen LogP contribution in [0.15, 0.2) is 36.5 Å². The molecule has 5 bridgehead atoms. The quantitative estimate of drug-likeness (QED) is 0.492. The third-order valence-electron chi connectivity index (χ3n) is 6.83. The number of benzene rings is 1. The number of hydrogen-bond acceptors (Lipinski definition) is 7. The number of hydrogen-bond donors (Lipinski definition) is 3. The molecule has 4 atom stereocenters. The molecule has 4 rings (SSSR count).